The van der Waals surface area contributed by atoms with Crippen molar-refractivity contribution in [1.82, 2.24) is 9.21 Å². The lowest BCUT2D eigenvalue weighted by atomic mass is 10.3. The number of methoxy groups -OCH3 is 2. The van der Waals surface area contributed by atoms with Crippen LogP contribution in [0.4, 0.5) is 0 Å². The minimum atomic E-state index is -3.65. The Labute approximate surface area is 151 Å². The molecule has 0 radical (unpaired) electrons. The highest BCUT2D eigenvalue weighted by atomic mass is 79.9. The zero-order chi connectivity index (χ0) is 17.7. The molecule has 2 rings (SSSR count). The molecule has 1 saturated heterocycles. The second-order valence-corrected chi connectivity index (χ2v) is 8.22. The summed E-state index contributed by atoms with van der Waals surface area (Å²) in [4.78, 5) is 2.28. The fourth-order valence-electron chi connectivity index (χ4n) is 2.66. The minimum Gasteiger partial charge on any atom is -0.495 e. The molecule has 1 aliphatic rings. The number of nitrogens with zero attached hydrogens (tertiary/aromatic N) is 2. The maximum atomic E-state index is 13.0. The van der Waals surface area contributed by atoms with Gasteiger partial charge in [0.1, 0.15) is 16.4 Å². The van der Waals surface area contributed by atoms with E-state index in [4.69, 9.17) is 14.6 Å². The molecular formula is C15H23BrN2O5S. The number of hydrogen-bond acceptors (Lipinski definition) is 6. The van der Waals surface area contributed by atoms with Crippen LogP contribution < -0.4 is 9.47 Å². The van der Waals surface area contributed by atoms with Gasteiger partial charge in [-0.25, -0.2) is 8.42 Å². The molecule has 136 valence electrons. The number of aliphatic hydroxyl groups excluding tert-OH is 1. The van der Waals surface area contributed by atoms with Gasteiger partial charge >= 0.3 is 0 Å². The summed E-state index contributed by atoms with van der Waals surface area (Å²) in [5, 5.41) is 8.89. The fourth-order valence-corrected chi connectivity index (χ4v) is 4.90. The minimum absolute atomic E-state index is 0.126. The second-order valence-electron chi connectivity index (χ2n) is 5.46. The van der Waals surface area contributed by atoms with Crippen molar-refractivity contribution in [3.63, 3.8) is 0 Å². The molecule has 0 atom stereocenters. The first-order chi connectivity index (χ1) is 11.4. The number of halogens is 1. The van der Waals surface area contributed by atoms with Gasteiger partial charge in [-0.15, -0.1) is 0 Å². The normalized spacial score (nSPS) is 17.0. The lowest BCUT2D eigenvalue weighted by Crippen LogP contribution is -2.48. The van der Waals surface area contributed by atoms with E-state index >= 15 is 0 Å². The maximum absolute atomic E-state index is 13.0. The Balaban J connectivity index is 2.21. The van der Waals surface area contributed by atoms with Crippen LogP contribution >= 0.6 is 15.9 Å². The number of benzene rings is 1. The van der Waals surface area contributed by atoms with Gasteiger partial charge in [0.15, 0.2) is 0 Å². The zero-order valence-corrected chi connectivity index (χ0v) is 16.3. The number of piperazine rings is 1. The maximum Gasteiger partial charge on any atom is 0.246 e. The van der Waals surface area contributed by atoms with Crippen LogP contribution in [-0.2, 0) is 10.0 Å². The average Bonchev–Trinajstić information content (AvgIpc) is 2.60. The quantitative estimate of drug-likeness (QED) is 0.709. The van der Waals surface area contributed by atoms with Crippen LogP contribution in [0.1, 0.15) is 6.42 Å². The van der Waals surface area contributed by atoms with Crippen LogP contribution in [0.15, 0.2) is 21.5 Å². The van der Waals surface area contributed by atoms with Crippen molar-refractivity contribution in [3.8, 4) is 11.5 Å². The molecule has 1 aliphatic heterocycles. The van der Waals surface area contributed by atoms with Gasteiger partial charge in [-0.05, 0) is 28.4 Å². The predicted octanol–water partition coefficient (Wildman–Crippen LogP) is 1.16. The Morgan fingerprint density at radius 2 is 1.75 bits per heavy atom. The summed E-state index contributed by atoms with van der Waals surface area (Å²) in [5.41, 5.74) is 0. The van der Waals surface area contributed by atoms with E-state index in [1.165, 1.54) is 24.6 Å². The van der Waals surface area contributed by atoms with Crippen LogP contribution in [0.5, 0.6) is 11.5 Å². The molecule has 0 bridgehead atoms. The van der Waals surface area contributed by atoms with E-state index in [0.717, 1.165) is 6.54 Å². The average molecular weight is 423 g/mol. The van der Waals surface area contributed by atoms with E-state index in [-0.39, 0.29) is 17.3 Å². The number of sulfonamides is 1. The zero-order valence-electron chi connectivity index (χ0n) is 13.9. The Morgan fingerprint density at radius 3 is 2.29 bits per heavy atom. The first-order valence-corrected chi connectivity index (χ1v) is 9.92. The van der Waals surface area contributed by atoms with Crippen molar-refractivity contribution in [2.45, 2.75) is 11.3 Å². The van der Waals surface area contributed by atoms with Gasteiger partial charge in [0.25, 0.3) is 0 Å². The molecule has 0 aliphatic carbocycles. The molecule has 9 heteroatoms. The third-order valence-corrected chi connectivity index (χ3v) is 6.56. The highest BCUT2D eigenvalue weighted by Crippen LogP contribution is 2.36. The van der Waals surface area contributed by atoms with Crippen LogP contribution in [0.2, 0.25) is 0 Å². The topological polar surface area (TPSA) is 79.3 Å². The third kappa shape index (κ3) is 4.20. The lowest BCUT2D eigenvalue weighted by Gasteiger charge is -2.34. The highest BCUT2D eigenvalue weighted by molar-refractivity contribution is 9.10. The van der Waals surface area contributed by atoms with E-state index in [1.54, 1.807) is 6.07 Å². The van der Waals surface area contributed by atoms with Crippen molar-refractivity contribution >= 4 is 26.0 Å². The Kier molecular flexibility index (Phi) is 6.88. The Bertz CT molecular complexity index is 660. The lowest BCUT2D eigenvalue weighted by molar-refractivity contribution is 0.171. The summed E-state index contributed by atoms with van der Waals surface area (Å²) in [6, 6.07) is 3.08. The summed E-state index contributed by atoms with van der Waals surface area (Å²) >= 11 is 3.33. The van der Waals surface area contributed by atoms with Gasteiger partial charge in [0, 0.05) is 45.4 Å². The largest absolute Gasteiger partial charge is 0.495 e. The molecule has 1 N–H and O–H groups in total. The van der Waals surface area contributed by atoms with Crippen LogP contribution in [0, 0.1) is 0 Å². The first kappa shape index (κ1) is 19.5. The van der Waals surface area contributed by atoms with Gasteiger partial charge in [-0.2, -0.15) is 4.31 Å². The predicted molar refractivity (Wildman–Crippen MR) is 94.1 cm³/mol. The van der Waals surface area contributed by atoms with E-state index in [1.807, 2.05) is 0 Å². The van der Waals surface area contributed by atoms with Crippen molar-refractivity contribution in [2.24, 2.45) is 0 Å². The van der Waals surface area contributed by atoms with Gasteiger partial charge in [-0.1, -0.05) is 0 Å². The highest BCUT2D eigenvalue weighted by Gasteiger charge is 2.31. The standard InChI is InChI=1S/C15H23BrN2O5S/c1-22-13-11-14(23-2)15(10-12(13)16)24(20,21)18-7-5-17(6-8-18)4-3-9-19/h10-11,19H,3-9H2,1-2H3. The molecule has 24 heavy (non-hydrogen) atoms. The van der Waals surface area contributed by atoms with E-state index < -0.39 is 10.0 Å². The van der Waals surface area contributed by atoms with E-state index in [2.05, 4.69) is 20.8 Å². The van der Waals surface area contributed by atoms with Crippen LogP contribution in [0.3, 0.4) is 0 Å². The van der Waals surface area contributed by atoms with E-state index in [9.17, 15) is 8.42 Å². The van der Waals surface area contributed by atoms with Crippen molar-refractivity contribution in [3.05, 3.63) is 16.6 Å². The molecule has 0 aromatic heterocycles. The van der Waals surface area contributed by atoms with E-state index in [0.29, 0.717) is 42.8 Å². The Hall–Kier alpha value is -0.870. The Morgan fingerprint density at radius 1 is 1.12 bits per heavy atom. The fraction of sp³-hybridized carbons (Fsp3) is 0.600. The summed E-state index contributed by atoms with van der Waals surface area (Å²) in [5.74, 6) is 0.775. The number of hydrogen-bond donors (Lipinski definition) is 1. The molecular weight excluding hydrogens is 400 g/mol. The molecule has 0 unspecified atom stereocenters. The molecule has 1 heterocycles. The summed E-state index contributed by atoms with van der Waals surface area (Å²) < 4.78 is 38.4. The SMILES string of the molecule is COc1cc(OC)c(S(=O)(=O)N2CCN(CCCO)CC2)cc1Br. The van der Waals surface area contributed by atoms with Gasteiger partial charge in [0.2, 0.25) is 10.0 Å². The summed E-state index contributed by atoms with van der Waals surface area (Å²) in [7, 11) is -0.697. The number of ether oxygens (including phenoxy) is 2. The molecule has 1 aromatic carbocycles. The monoisotopic (exact) mass is 422 g/mol. The smallest absolute Gasteiger partial charge is 0.246 e. The second kappa shape index (κ2) is 8.48. The summed E-state index contributed by atoms with van der Waals surface area (Å²) in [6.07, 6.45) is 0.700. The van der Waals surface area contributed by atoms with Gasteiger partial charge in [-0.3, -0.25) is 0 Å². The van der Waals surface area contributed by atoms with Gasteiger partial charge < -0.3 is 19.5 Å². The first-order valence-electron chi connectivity index (χ1n) is 7.69. The number of rotatable bonds is 7. The van der Waals surface area contributed by atoms with Gasteiger partial charge in [0.05, 0.1) is 18.7 Å². The van der Waals surface area contributed by atoms with Crippen molar-refractivity contribution in [1.29, 1.82) is 0 Å². The van der Waals surface area contributed by atoms with Crippen molar-refractivity contribution in [2.75, 3.05) is 53.6 Å². The molecule has 1 fully saturated rings. The van der Waals surface area contributed by atoms with Crippen LogP contribution in [0.25, 0.3) is 0 Å². The summed E-state index contributed by atoms with van der Waals surface area (Å²) in [6.45, 7) is 3.07. The molecule has 0 spiro atoms. The van der Waals surface area contributed by atoms with Crippen molar-refractivity contribution < 1.29 is 23.0 Å². The number of aliphatic hydroxyl groups is 1. The molecule has 7 nitrogen and oxygen atoms in total. The molecule has 0 saturated carbocycles. The third-order valence-electron chi connectivity index (χ3n) is 4.02. The van der Waals surface area contributed by atoms with Crippen LogP contribution in [-0.4, -0.2) is 76.3 Å². The molecule has 1 aromatic rings. The molecule has 0 amide bonds.